The van der Waals surface area contributed by atoms with Crippen molar-refractivity contribution in [3.05, 3.63) is 34.4 Å². The Labute approximate surface area is 188 Å². The van der Waals surface area contributed by atoms with Crippen LogP contribution in [0.25, 0.3) is 0 Å². The molecule has 0 spiro atoms. The van der Waals surface area contributed by atoms with E-state index in [1.54, 1.807) is 0 Å². The molecule has 4 nitrogen and oxygen atoms in total. The van der Waals surface area contributed by atoms with Crippen LogP contribution >= 0.6 is 0 Å². The van der Waals surface area contributed by atoms with Crippen molar-refractivity contribution in [3.63, 3.8) is 0 Å². The molecule has 0 amide bonds. The second kappa shape index (κ2) is 11.2. The molecule has 0 bridgehead atoms. The van der Waals surface area contributed by atoms with E-state index in [1.165, 1.54) is 22.3 Å². The molecule has 1 fully saturated rings. The highest BCUT2D eigenvalue weighted by Gasteiger charge is 2.49. The summed E-state index contributed by atoms with van der Waals surface area (Å²) in [6.07, 6.45) is 13.0. The number of hydrogen-bond acceptors (Lipinski definition) is 2. The van der Waals surface area contributed by atoms with Crippen molar-refractivity contribution in [1.29, 1.82) is 0 Å². The van der Waals surface area contributed by atoms with Gasteiger partial charge in [-0.25, -0.2) is 0 Å². The van der Waals surface area contributed by atoms with Crippen LogP contribution in [0.4, 0.5) is 0 Å². The van der Waals surface area contributed by atoms with Crippen LogP contribution in [0.1, 0.15) is 107 Å². The van der Waals surface area contributed by atoms with Crippen LogP contribution in [0.3, 0.4) is 0 Å². The van der Waals surface area contributed by atoms with Crippen LogP contribution in [-0.2, 0) is 22.4 Å². The van der Waals surface area contributed by atoms with Crippen molar-refractivity contribution in [2.45, 2.75) is 111 Å². The maximum Gasteiger partial charge on any atom is 0.309 e. The van der Waals surface area contributed by atoms with Gasteiger partial charge >= 0.3 is 11.9 Å². The van der Waals surface area contributed by atoms with Gasteiger partial charge in [0.25, 0.3) is 0 Å². The Kier molecular flexibility index (Phi) is 9.14. The molecule has 0 saturated heterocycles. The summed E-state index contributed by atoms with van der Waals surface area (Å²) in [5.41, 5.74) is 4.60. The number of aryl methyl sites for hydroxylation is 4. The number of carboxylic acid groups (broad SMARTS) is 2. The van der Waals surface area contributed by atoms with Gasteiger partial charge in [-0.15, -0.1) is 0 Å². The minimum atomic E-state index is -0.706. The van der Waals surface area contributed by atoms with Gasteiger partial charge in [0.05, 0.1) is 10.8 Å². The lowest BCUT2D eigenvalue weighted by molar-refractivity contribution is -0.147. The second-order valence-corrected chi connectivity index (χ2v) is 10.5. The first kappa shape index (κ1) is 25.4. The highest BCUT2D eigenvalue weighted by Crippen LogP contribution is 2.50. The summed E-state index contributed by atoms with van der Waals surface area (Å²) in [6.45, 7) is 7.97. The van der Waals surface area contributed by atoms with Crippen molar-refractivity contribution in [3.8, 4) is 0 Å². The summed E-state index contributed by atoms with van der Waals surface area (Å²) in [5.74, 6) is -1.31. The summed E-state index contributed by atoms with van der Waals surface area (Å²) >= 11 is 0. The molecule has 4 heteroatoms. The first-order chi connectivity index (χ1) is 14.6. The van der Waals surface area contributed by atoms with Gasteiger partial charge in [-0.2, -0.15) is 0 Å². The first-order valence-corrected chi connectivity index (χ1v) is 12.1. The number of carboxylic acids is 2. The lowest BCUT2D eigenvalue weighted by Crippen LogP contribution is -2.23. The lowest BCUT2D eigenvalue weighted by atomic mass is 9.87. The highest BCUT2D eigenvalue weighted by atomic mass is 16.4. The van der Waals surface area contributed by atoms with Crippen LogP contribution < -0.4 is 0 Å². The fraction of sp³-hybridized carbons (Fsp3) is 0.704. The van der Waals surface area contributed by atoms with Crippen LogP contribution in [-0.4, -0.2) is 22.2 Å². The molecule has 0 aromatic heterocycles. The quantitative estimate of drug-likeness (QED) is 0.298. The van der Waals surface area contributed by atoms with E-state index in [9.17, 15) is 19.8 Å². The molecule has 0 aliphatic heterocycles. The predicted octanol–water partition coefficient (Wildman–Crippen LogP) is 6.87. The minimum Gasteiger partial charge on any atom is -0.481 e. The maximum absolute atomic E-state index is 11.3. The van der Waals surface area contributed by atoms with Gasteiger partial charge in [0.2, 0.25) is 0 Å². The molecule has 31 heavy (non-hydrogen) atoms. The fourth-order valence-electron chi connectivity index (χ4n) is 4.42. The van der Waals surface area contributed by atoms with Crippen molar-refractivity contribution in [1.82, 2.24) is 0 Å². The molecule has 1 aliphatic carbocycles. The average molecular weight is 431 g/mol. The molecule has 1 saturated carbocycles. The first-order valence-electron chi connectivity index (χ1n) is 12.1. The molecule has 0 atom stereocenters. The van der Waals surface area contributed by atoms with E-state index in [0.717, 1.165) is 83.5 Å². The van der Waals surface area contributed by atoms with Crippen molar-refractivity contribution in [2.24, 2.45) is 10.8 Å². The Morgan fingerprint density at radius 2 is 1.32 bits per heavy atom. The van der Waals surface area contributed by atoms with Gasteiger partial charge in [-0.3, -0.25) is 9.59 Å². The topological polar surface area (TPSA) is 74.6 Å². The number of unbranched alkanes of at least 4 members (excludes halogenated alkanes) is 5. The largest absolute Gasteiger partial charge is 0.481 e. The SMILES string of the molecule is Cc1cc(CCCCCCC(C)(C)C(=O)O)c(CCCCCC2(C(=O)O)CC2)cc1C. The third-order valence-electron chi connectivity index (χ3n) is 7.30. The fourth-order valence-corrected chi connectivity index (χ4v) is 4.42. The van der Waals surface area contributed by atoms with Crippen molar-refractivity contribution < 1.29 is 19.8 Å². The van der Waals surface area contributed by atoms with Gasteiger partial charge < -0.3 is 10.2 Å². The normalized spacial score (nSPS) is 15.1. The second-order valence-electron chi connectivity index (χ2n) is 10.5. The van der Waals surface area contributed by atoms with E-state index >= 15 is 0 Å². The van der Waals surface area contributed by atoms with Gasteiger partial charge in [0.15, 0.2) is 0 Å². The maximum atomic E-state index is 11.3. The van der Waals surface area contributed by atoms with Crippen LogP contribution in [0.5, 0.6) is 0 Å². The molecule has 1 aromatic rings. The summed E-state index contributed by atoms with van der Waals surface area (Å²) in [6, 6.07) is 4.70. The third-order valence-corrected chi connectivity index (χ3v) is 7.30. The summed E-state index contributed by atoms with van der Waals surface area (Å²) in [5, 5.41) is 18.5. The molecule has 2 N–H and O–H groups in total. The third kappa shape index (κ3) is 7.66. The number of benzene rings is 1. The van der Waals surface area contributed by atoms with Gasteiger partial charge in [0.1, 0.15) is 0 Å². The summed E-state index contributed by atoms with van der Waals surface area (Å²) in [4.78, 5) is 22.5. The van der Waals surface area contributed by atoms with Crippen LogP contribution in [0.15, 0.2) is 12.1 Å². The van der Waals surface area contributed by atoms with E-state index < -0.39 is 17.4 Å². The average Bonchev–Trinajstić information content (AvgIpc) is 3.48. The zero-order chi connectivity index (χ0) is 23.1. The van der Waals surface area contributed by atoms with E-state index in [2.05, 4.69) is 26.0 Å². The zero-order valence-electron chi connectivity index (χ0n) is 20.1. The molecule has 1 aliphatic rings. The molecule has 0 heterocycles. The molecule has 174 valence electrons. The van der Waals surface area contributed by atoms with Gasteiger partial charge in [-0.05, 0) is 101 Å². The van der Waals surface area contributed by atoms with Crippen LogP contribution in [0, 0.1) is 24.7 Å². The Hall–Kier alpha value is -1.84. The molecule has 2 rings (SSSR count). The molecular weight excluding hydrogens is 388 g/mol. The number of hydrogen-bond donors (Lipinski definition) is 2. The van der Waals surface area contributed by atoms with Crippen molar-refractivity contribution >= 4 is 11.9 Å². The Balaban J connectivity index is 1.75. The molecular formula is C27H42O4. The van der Waals surface area contributed by atoms with Crippen molar-refractivity contribution in [2.75, 3.05) is 0 Å². The summed E-state index contributed by atoms with van der Waals surface area (Å²) < 4.78 is 0. The smallest absolute Gasteiger partial charge is 0.309 e. The van der Waals surface area contributed by atoms with E-state index in [-0.39, 0.29) is 5.41 Å². The Morgan fingerprint density at radius 3 is 1.77 bits per heavy atom. The van der Waals surface area contributed by atoms with E-state index in [0.29, 0.717) is 0 Å². The van der Waals surface area contributed by atoms with Gasteiger partial charge in [-0.1, -0.05) is 44.2 Å². The number of carbonyl (C=O) groups is 2. The number of rotatable bonds is 15. The highest BCUT2D eigenvalue weighted by molar-refractivity contribution is 5.77. The molecule has 0 unspecified atom stereocenters. The summed E-state index contributed by atoms with van der Waals surface area (Å²) in [7, 11) is 0. The minimum absolute atomic E-state index is 0.384. The Bertz CT molecular complexity index is 759. The molecule has 1 aromatic carbocycles. The number of aliphatic carboxylic acids is 2. The lowest BCUT2D eigenvalue weighted by Gasteiger charge is -2.18. The standard InChI is InChI=1S/C27H42O4/c1-20-18-22(12-8-5-6-10-14-26(3,4)24(28)29)23(19-21(20)2)13-9-7-11-15-27(16-17-27)25(30)31/h18-19H,5-17H2,1-4H3,(H,28,29)(H,30,31). The molecule has 0 radical (unpaired) electrons. The van der Waals surface area contributed by atoms with E-state index in [4.69, 9.17) is 0 Å². The monoisotopic (exact) mass is 430 g/mol. The Morgan fingerprint density at radius 1 is 0.839 bits per heavy atom. The van der Waals surface area contributed by atoms with Crippen LogP contribution in [0.2, 0.25) is 0 Å². The van der Waals surface area contributed by atoms with Gasteiger partial charge in [0, 0.05) is 0 Å². The van der Waals surface area contributed by atoms with E-state index in [1.807, 2.05) is 13.8 Å². The predicted molar refractivity (Wildman–Crippen MR) is 126 cm³/mol. The zero-order valence-corrected chi connectivity index (χ0v) is 20.1.